The van der Waals surface area contributed by atoms with Gasteiger partial charge in [-0.15, -0.1) is 0 Å². The van der Waals surface area contributed by atoms with Gasteiger partial charge in [-0.3, -0.25) is 0 Å². The van der Waals surface area contributed by atoms with Crippen molar-refractivity contribution >= 4 is 19.7 Å². The number of halogens is 6. The van der Waals surface area contributed by atoms with Crippen LogP contribution in [0.3, 0.4) is 0 Å². The molecule has 0 aliphatic rings. The van der Waals surface area contributed by atoms with Gasteiger partial charge in [0.05, 0.1) is 27.2 Å². The zero-order valence-electron chi connectivity index (χ0n) is 18.4. The Morgan fingerprint density at radius 2 is 1.48 bits per heavy atom. The Bertz CT molecular complexity index is 1150. The number of nitrogens with zero attached hydrogens (tertiary/aromatic N) is 4. The molecule has 2 aromatic rings. The summed E-state index contributed by atoms with van der Waals surface area (Å²) in [6.45, 7) is 4.51. The smallest absolute Gasteiger partial charge is 0.240 e. The van der Waals surface area contributed by atoms with Crippen molar-refractivity contribution in [1.82, 2.24) is 9.13 Å². The normalized spacial score (nSPS) is 13.0. The van der Waals surface area contributed by atoms with E-state index in [4.69, 9.17) is 0 Å². The monoisotopic (exact) mass is 528 g/mol. The number of rotatable bonds is 7. The van der Waals surface area contributed by atoms with Gasteiger partial charge in [-0.05, 0) is 12.8 Å². The van der Waals surface area contributed by atoms with Crippen LogP contribution in [0.2, 0.25) is 0 Å². The Morgan fingerprint density at radius 3 is 1.88 bits per heavy atom. The first-order valence-corrected chi connectivity index (χ1v) is 12.6. The van der Waals surface area contributed by atoms with Crippen molar-refractivity contribution in [2.24, 2.45) is 14.1 Å². The van der Waals surface area contributed by atoms with Crippen LogP contribution in [0.5, 0.6) is 0 Å². The fourth-order valence-electron chi connectivity index (χ4n) is 2.75. The van der Waals surface area contributed by atoms with E-state index in [9.17, 15) is 43.2 Å². The van der Waals surface area contributed by atoms with Crippen molar-refractivity contribution in [3.8, 4) is 0 Å². The fraction of sp³-hybridized carbons (Fsp3) is 0.647. The molecule has 2 heterocycles. The van der Waals surface area contributed by atoms with Crippen LogP contribution in [0, 0.1) is 0 Å². The first-order valence-electron chi connectivity index (χ1n) is 9.64. The van der Waals surface area contributed by atoms with E-state index in [1.165, 1.54) is 6.42 Å². The van der Waals surface area contributed by atoms with Crippen molar-refractivity contribution in [1.29, 1.82) is 0 Å². The third kappa shape index (κ3) is 6.49. The van der Waals surface area contributed by atoms with Gasteiger partial charge in [0.1, 0.15) is 12.4 Å². The lowest BCUT2D eigenvalue weighted by atomic mass is 10.3. The number of aryl methyl sites for hydroxylation is 3. The minimum atomic E-state index is -6.06. The third-order valence-electron chi connectivity index (χ3n) is 4.31. The largest absolute Gasteiger partial charge is 0.509 e. The second-order valence-corrected chi connectivity index (χ2v) is 10.8. The molecule has 0 aromatic carbocycles. The Kier molecular flexibility index (Phi) is 9.16. The minimum absolute atomic E-state index is 0.124. The summed E-state index contributed by atoms with van der Waals surface area (Å²) in [6, 6.07) is 0. The van der Waals surface area contributed by atoms with Crippen molar-refractivity contribution in [3.05, 3.63) is 24.9 Å². The van der Waals surface area contributed by atoms with Gasteiger partial charge in [-0.25, -0.2) is 35.1 Å². The lowest BCUT2D eigenvalue weighted by Crippen LogP contribution is -2.42. The SMILES string of the molecule is CCCC[n+]1cc(S(=O)(=O)C(F)(F)F)n(C)c1S(=O)(=O)C(F)(F)F.CCCn1cc[n+](C)c1. The van der Waals surface area contributed by atoms with Gasteiger partial charge in [-0.1, -0.05) is 20.3 Å². The predicted molar refractivity (Wildman–Crippen MR) is 103 cm³/mol. The lowest BCUT2D eigenvalue weighted by molar-refractivity contribution is -0.735. The van der Waals surface area contributed by atoms with Crippen molar-refractivity contribution in [2.75, 3.05) is 0 Å². The molecule has 0 saturated carbocycles. The molecule has 16 heteroatoms. The van der Waals surface area contributed by atoms with E-state index in [0.29, 0.717) is 18.0 Å². The van der Waals surface area contributed by atoms with Crippen LogP contribution in [0.4, 0.5) is 26.3 Å². The molecule has 0 atom stereocenters. The number of aromatic nitrogens is 4. The summed E-state index contributed by atoms with van der Waals surface area (Å²) in [5, 5.41) is -3.17. The quantitative estimate of drug-likeness (QED) is 0.408. The van der Waals surface area contributed by atoms with Crippen molar-refractivity contribution < 1.29 is 52.3 Å². The topological polar surface area (TPSA) is 85.9 Å². The molecule has 190 valence electrons. The maximum Gasteiger partial charge on any atom is 0.509 e. The number of sulfone groups is 2. The van der Waals surface area contributed by atoms with E-state index in [2.05, 4.69) is 34.8 Å². The Hall–Kier alpha value is -2.10. The second kappa shape index (κ2) is 10.4. The summed E-state index contributed by atoms with van der Waals surface area (Å²) in [6.07, 6.45) is 8.18. The summed E-state index contributed by atoms with van der Waals surface area (Å²) >= 11 is 0. The standard InChI is InChI=1S/C10H13F6N2O4S2.C7H13N2/c1-3-4-5-18-6-7(23(19,20)9(11,12)13)17(2)8(18)24(21,22)10(14,15)16;1-3-4-9-6-5-8(2)7-9/h6H,3-5H2,1-2H3;5-7H,3-4H2,1-2H3/q2*+1. The van der Waals surface area contributed by atoms with Crippen LogP contribution < -0.4 is 9.13 Å². The fourth-order valence-corrected chi connectivity index (χ4v) is 4.88. The van der Waals surface area contributed by atoms with E-state index in [1.807, 2.05) is 7.05 Å². The summed E-state index contributed by atoms with van der Waals surface area (Å²) < 4.78 is 127. The summed E-state index contributed by atoms with van der Waals surface area (Å²) in [5.41, 5.74) is -11.6. The molecule has 0 unspecified atom stereocenters. The zero-order valence-corrected chi connectivity index (χ0v) is 20.0. The van der Waals surface area contributed by atoms with Gasteiger partial charge in [0.25, 0.3) is 5.03 Å². The van der Waals surface area contributed by atoms with Crippen LogP contribution in [-0.4, -0.2) is 37.0 Å². The van der Waals surface area contributed by atoms with Crippen LogP contribution in [0.1, 0.15) is 33.1 Å². The lowest BCUT2D eigenvalue weighted by Gasteiger charge is -2.07. The van der Waals surface area contributed by atoms with E-state index in [0.717, 1.165) is 6.54 Å². The van der Waals surface area contributed by atoms with Gasteiger partial charge < -0.3 is 0 Å². The molecule has 0 spiro atoms. The molecule has 0 radical (unpaired) electrons. The number of unbranched alkanes of at least 4 members (excludes halogenated alkanes) is 1. The molecular formula is C17H26F6N4O4S2+2. The second-order valence-electron chi connectivity index (χ2n) is 7.07. The highest BCUT2D eigenvalue weighted by atomic mass is 32.2. The number of alkyl halides is 6. The minimum Gasteiger partial charge on any atom is -0.240 e. The Balaban J connectivity index is 0.000000502. The van der Waals surface area contributed by atoms with Crippen LogP contribution in [0.25, 0.3) is 0 Å². The van der Waals surface area contributed by atoms with E-state index < -0.39 is 47.4 Å². The molecule has 0 amide bonds. The summed E-state index contributed by atoms with van der Waals surface area (Å²) in [7, 11) is -9.54. The highest BCUT2D eigenvalue weighted by molar-refractivity contribution is 7.92. The van der Waals surface area contributed by atoms with E-state index in [1.54, 1.807) is 6.92 Å². The average Bonchev–Trinajstić information content (AvgIpc) is 3.22. The molecule has 0 aliphatic heterocycles. The molecule has 0 aliphatic carbocycles. The maximum atomic E-state index is 12.8. The highest BCUT2D eigenvalue weighted by Crippen LogP contribution is 2.33. The molecule has 0 saturated heterocycles. The number of hydrogen-bond acceptors (Lipinski definition) is 4. The summed E-state index contributed by atoms with van der Waals surface area (Å²) in [4.78, 5) is 0. The van der Waals surface area contributed by atoms with Crippen molar-refractivity contribution in [3.63, 3.8) is 0 Å². The van der Waals surface area contributed by atoms with Gasteiger partial charge in [0, 0.05) is 0 Å². The van der Waals surface area contributed by atoms with E-state index in [-0.39, 0.29) is 17.2 Å². The molecule has 8 nitrogen and oxygen atoms in total. The zero-order chi connectivity index (χ0) is 25.8. The molecular weight excluding hydrogens is 502 g/mol. The first kappa shape index (κ1) is 28.9. The van der Waals surface area contributed by atoms with Gasteiger partial charge in [0.2, 0.25) is 6.33 Å². The molecule has 0 bridgehead atoms. The predicted octanol–water partition coefficient (Wildman–Crippen LogP) is 2.42. The van der Waals surface area contributed by atoms with Crippen molar-refractivity contribution in [2.45, 2.75) is 67.4 Å². The summed E-state index contributed by atoms with van der Waals surface area (Å²) in [5.74, 6) is 0. The van der Waals surface area contributed by atoms with Crippen LogP contribution in [-0.2, 0) is 46.9 Å². The molecule has 2 rings (SSSR count). The van der Waals surface area contributed by atoms with Gasteiger partial charge >= 0.3 is 35.8 Å². The third-order valence-corrected chi connectivity index (χ3v) is 7.45. The Morgan fingerprint density at radius 1 is 0.939 bits per heavy atom. The highest BCUT2D eigenvalue weighted by Gasteiger charge is 2.58. The van der Waals surface area contributed by atoms with Gasteiger partial charge in [0.15, 0.2) is 6.20 Å². The van der Waals surface area contributed by atoms with Crippen LogP contribution >= 0.6 is 0 Å². The number of hydrogen-bond donors (Lipinski definition) is 0. The Labute approximate surface area is 187 Å². The first-order chi connectivity index (χ1) is 14.9. The average molecular weight is 529 g/mol. The van der Waals surface area contributed by atoms with Crippen LogP contribution in [0.15, 0.2) is 35.1 Å². The molecule has 0 fully saturated rings. The molecule has 33 heavy (non-hydrogen) atoms. The molecule has 0 N–H and O–H groups in total. The number of imidazole rings is 2. The molecule has 2 aromatic heterocycles. The van der Waals surface area contributed by atoms with E-state index >= 15 is 0 Å². The van der Waals surface area contributed by atoms with Gasteiger partial charge in [-0.2, -0.15) is 26.3 Å². The maximum absolute atomic E-state index is 12.8.